The smallest absolute Gasteiger partial charge is 0.124 e. The number of nitrogens with two attached hydrogens (primary N) is 1. The van der Waals surface area contributed by atoms with Gasteiger partial charge in [0.15, 0.2) is 0 Å². The monoisotopic (exact) mass is 251 g/mol. The first-order chi connectivity index (χ1) is 8.45. The molecule has 0 bridgehead atoms. The minimum atomic E-state index is 0.0252. The van der Waals surface area contributed by atoms with E-state index < -0.39 is 0 Å². The van der Waals surface area contributed by atoms with Gasteiger partial charge < -0.3 is 15.2 Å². The number of methoxy groups -OCH3 is 1. The Bertz CT molecular complexity index is 375. The zero-order valence-electron chi connectivity index (χ0n) is 12.1. The highest BCUT2D eigenvalue weighted by molar-refractivity contribution is 5.37. The second-order valence-electron chi connectivity index (χ2n) is 5.12. The molecule has 0 radical (unpaired) electrons. The summed E-state index contributed by atoms with van der Waals surface area (Å²) in [4.78, 5) is 0. The molecule has 1 rings (SSSR count). The van der Waals surface area contributed by atoms with Crippen molar-refractivity contribution in [3.05, 3.63) is 29.3 Å². The molecule has 18 heavy (non-hydrogen) atoms. The lowest BCUT2D eigenvalue weighted by Crippen LogP contribution is -2.15. The molecule has 102 valence electrons. The van der Waals surface area contributed by atoms with E-state index in [2.05, 4.69) is 26.8 Å². The van der Waals surface area contributed by atoms with Crippen molar-refractivity contribution in [2.24, 2.45) is 11.7 Å². The van der Waals surface area contributed by atoms with E-state index in [9.17, 15) is 0 Å². The quantitative estimate of drug-likeness (QED) is 0.844. The summed E-state index contributed by atoms with van der Waals surface area (Å²) in [7, 11) is 1.68. The van der Waals surface area contributed by atoms with E-state index in [0.717, 1.165) is 16.9 Å². The maximum Gasteiger partial charge on any atom is 0.124 e. The van der Waals surface area contributed by atoms with E-state index >= 15 is 0 Å². The fourth-order valence-electron chi connectivity index (χ4n) is 1.61. The van der Waals surface area contributed by atoms with Crippen LogP contribution < -0.4 is 10.5 Å². The summed E-state index contributed by atoms with van der Waals surface area (Å²) < 4.78 is 11.2. The minimum Gasteiger partial charge on any atom is -0.496 e. The van der Waals surface area contributed by atoms with E-state index in [0.29, 0.717) is 12.5 Å². The predicted octanol–water partition coefficient (Wildman–Crippen LogP) is 3.28. The summed E-state index contributed by atoms with van der Waals surface area (Å²) in [5.41, 5.74) is 8.06. The van der Waals surface area contributed by atoms with E-state index in [4.69, 9.17) is 15.2 Å². The normalized spacial score (nSPS) is 14.6. The van der Waals surface area contributed by atoms with Crippen molar-refractivity contribution in [2.75, 3.05) is 7.11 Å². The Morgan fingerprint density at radius 1 is 1.17 bits per heavy atom. The topological polar surface area (TPSA) is 44.5 Å². The SMILES string of the molecule is COc1ccc(C(C)N)cc1COC(C)C(C)C. The molecule has 0 amide bonds. The Morgan fingerprint density at radius 3 is 2.33 bits per heavy atom. The third kappa shape index (κ3) is 4.00. The minimum absolute atomic E-state index is 0.0252. The molecule has 1 aromatic rings. The number of hydrogen-bond acceptors (Lipinski definition) is 3. The van der Waals surface area contributed by atoms with Crippen molar-refractivity contribution >= 4 is 0 Å². The molecule has 0 aromatic heterocycles. The first kappa shape index (κ1) is 15.0. The standard InChI is InChI=1S/C15H25NO2/c1-10(2)12(4)18-9-14-8-13(11(3)16)6-7-15(14)17-5/h6-8,10-12H,9,16H2,1-5H3. The van der Waals surface area contributed by atoms with Crippen LogP contribution in [0, 0.1) is 5.92 Å². The molecule has 0 aliphatic carbocycles. The van der Waals surface area contributed by atoms with Gasteiger partial charge in [-0.25, -0.2) is 0 Å². The van der Waals surface area contributed by atoms with Crippen molar-refractivity contribution < 1.29 is 9.47 Å². The molecule has 2 unspecified atom stereocenters. The number of hydrogen-bond donors (Lipinski definition) is 1. The lowest BCUT2D eigenvalue weighted by molar-refractivity contribution is 0.0226. The van der Waals surface area contributed by atoms with E-state index in [1.165, 1.54) is 0 Å². The van der Waals surface area contributed by atoms with Gasteiger partial charge in [0.05, 0.1) is 19.8 Å². The van der Waals surface area contributed by atoms with Crippen LogP contribution in [0.4, 0.5) is 0 Å². The molecule has 0 heterocycles. The molecule has 0 aliphatic heterocycles. The van der Waals surface area contributed by atoms with Crippen LogP contribution in [0.5, 0.6) is 5.75 Å². The largest absolute Gasteiger partial charge is 0.496 e. The summed E-state index contributed by atoms with van der Waals surface area (Å²) >= 11 is 0. The van der Waals surface area contributed by atoms with E-state index in [-0.39, 0.29) is 12.1 Å². The molecular weight excluding hydrogens is 226 g/mol. The Balaban J connectivity index is 2.81. The zero-order valence-corrected chi connectivity index (χ0v) is 12.1. The number of rotatable bonds is 6. The molecule has 3 nitrogen and oxygen atoms in total. The van der Waals surface area contributed by atoms with Crippen LogP contribution in [0.2, 0.25) is 0 Å². The Labute approximate surface area is 110 Å². The van der Waals surface area contributed by atoms with Crippen LogP contribution in [0.25, 0.3) is 0 Å². The van der Waals surface area contributed by atoms with Crippen molar-refractivity contribution in [1.82, 2.24) is 0 Å². The van der Waals surface area contributed by atoms with Gasteiger partial charge in [0.2, 0.25) is 0 Å². The molecule has 2 atom stereocenters. The Hall–Kier alpha value is -1.06. The maximum absolute atomic E-state index is 5.90. The average Bonchev–Trinajstić information content (AvgIpc) is 2.35. The molecule has 1 aromatic carbocycles. The second kappa shape index (κ2) is 6.76. The van der Waals surface area contributed by atoms with Gasteiger partial charge in [0.1, 0.15) is 5.75 Å². The average molecular weight is 251 g/mol. The van der Waals surface area contributed by atoms with E-state index in [1.807, 2.05) is 19.1 Å². The zero-order chi connectivity index (χ0) is 13.7. The lowest BCUT2D eigenvalue weighted by atomic mass is 10.0. The van der Waals surface area contributed by atoms with Gasteiger partial charge in [-0.1, -0.05) is 19.9 Å². The summed E-state index contributed by atoms with van der Waals surface area (Å²) in [6, 6.07) is 6.05. The van der Waals surface area contributed by atoms with Gasteiger partial charge in [-0.05, 0) is 37.5 Å². The molecule has 2 N–H and O–H groups in total. The molecule has 0 spiro atoms. The van der Waals surface area contributed by atoms with Gasteiger partial charge in [-0.15, -0.1) is 0 Å². The molecular formula is C15H25NO2. The number of benzene rings is 1. The predicted molar refractivity (Wildman–Crippen MR) is 74.7 cm³/mol. The van der Waals surface area contributed by atoms with Gasteiger partial charge >= 0.3 is 0 Å². The van der Waals surface area contributed by atoms with Crippen molar-refractivity contribution in [2.45, 2.75) is 46.4 Å². The van der Waals surface area contributed by atoms with Crippen LogP contribution in [0.15, 0.2) is 18.2 Å². The fraction of sp³-hybridized carbons (Fsp3) is 0.600. The summed E-state index contributed by atoms with van der Waals surface area (Å²) in [5, 5.41) is 0. The van der Waals surface area contributed by atoms with Crippen LogP contribution >= 0.6 is 0 Å². The third-order valence-electron chi connectivity index (χ3n) is 3.27. The Morgan fingerprint density at radius 2 is 1.83 bits per heavy atom. The van der Waals surface area contributed by atoms with Crippen molar-refractivity contribution in [3.8, 4) is 5.75 Å². The van der Waals surface area contributed by atoms with Gasteiger partial charge in [-0.3, -0.25) is 0 Å². The van der Waals surface area contributed by atoms with Crippen molar-refractivity contribution in [1.29, 1.82) is 0 Å². The van der Waals surface area contributed by atoms with Crippen molar-refractivity contribution in [3.63, 3.8) is 0 Å². The van der Waals surface area contributed by atoms with Gasteiger partial charge in [-0.2, -0.15) is 0 Å². The van der Waals surface area contributed by atoms with Crippen LogP contribution in [-0.4, -0.2) is 13.2 Å². The first-order valence-corrected chi connectivity index (χ1v) is 6.49. The van der Waals surface area contributed by atoms with Crippen LogP contribution in [0.1, 0.15) is 44.9 Å². The fourth-order valence-corrected chi connectivity index (χ4v) is 1.61. The molecule has 0 saturated heterocycles. The molecule has 3 heteroatoms. The second-order valence-corrected chi connectivity index (χ2v) is 5.12. The molecule has 0 aliphatic rings. The van der Waals surface area contributed by atoms with Crippen LogP contribution in [-0.2, 0) is 11.3 Å². The first-order valence-electron chi connectivity index (χ1n) is 6.49. The summed E-state index contributed by atoms with van der Waals surface area (Å²) in [5.74, 6) is 1.36. The molecule has 0 fully saturated rings. The van der Waals surface area contributed by atoms with Gasteiger partial charge in [0.25, 0.3) is 0 Å². The summed E-state index contributed by atoms with van der Waals surface area (Å²) in [6.45, 7) is 8.93. The van der Waals surface area contributed by atoms with E-state index in [1.54, 1.807) is 7.11 Å². The Kier molecular flexibility index (Phi) is 5.63. The highest BCUT2D eigenvalue weighted by Crippen LogP contribution is 2.24. The van der Waals surface area contributed by atoms with Gasteiger partial charge in [0, 0.05) is 11.6 Å². The maximum atomic E-state index is 5.90. The lowest BCUT2D eigenvalue weighted by Gasteiger charge is -2.18. The highest BCUT2D eigenvalue weighted by atomic mass is 16.5. The number of ether oxygens (including phenoxy) is 2. The summed E-state index contributed by atoms with van der Waals surface area (Å²) in [6.07, 6.45) is 0.230. The highest BCUT2D eigenvalue weighted by Gasteiger charge is 2.11. The van der Waals surface area contributed by atoms with Crippen LogP contribution in [0.3, 0.4) is 0 Å². The molecule has 0 saturated carbocycles. The third-order valence-corrected chi connectivity index (χ3v) is 3.27.